The summed E-state index contributed by atoms with van der Waals surface area (Å²) in [6.45, 7) is 5.15. The molecule has 0 aliphatic carbocycles. The van der Waals surface area contributed by atoms with Crippen LogP contribution in [0.4, 0.5) is 4.79 Å². The van der Waals surface area contributed by atoms with Gasteiger partial charge in [0.05, 0.1) is 16.2 Å². The van der Waals surface area contributed by atoms with Gasteiger partial charge in [0.25, 0.3) is 0 Å². The van der Waals surface area contributed by atoms with E-state index in [1.165, 1.54) is 0 Å². The number of carbonyl (C=O) groups is 1. The highest BCUT2D eigenvalue weighted by molar-refractivity contribution is 7.83. The predicted octanol–water partition coefficient (Wildman–Crippen LogP) is 0.191. The zero-order valence-corrected chi connectivity index (χ0v) is 10.0. The topological polar surface area (TPSA) is 75.4 Å². The molecule has 0 spiro atoms. The van der Waals surface area contributed by atoms with Gasteiger partial charge in [0.15, 0.2) is 0 Å². The van der Waals surface area contributed by atoms with Gasteiger partial charge in [0.1, 0.15) is 0 Å². The van der Waals surface area contributed by atoms with Crippen molar-refractivity contribution in [1.29, 1.82) is 0 Å². The zero-order chi connectivity index (χ0) is 11.4. The van der Waals surface area contributed by atoms with Crippen molar-refractivity contribution in [3.63, 3.8) is 0 Å². The number of hydrogen-bond donors (Lipinski definition) is 2. The fraction of sp³-hybridized carbons (Fsp3) is 0.889. The van der Waals surface area contributed by atoms with Crippen LogP contribution in [0.3, 0.4) is 0 Å². The van der Waals surface area contributed by atoms with Crippen LogP contribution in [-0.4, -0.2) is 39.5 Å². The number of nitrogens with one attached hydrogen (secondary N) is 1. The van der Waals surface area contributed by atoms with Crippen molar-refractivity contribution in [3.8, 4) is 0 Å². The van der Waals surface area contributed by atoms with Crippen LogP contribution in [0.1, 0.15) is 26.7 Å². The lowest BCUT2D eigenvalue weighted by Gasteiger charge is -2.31. The highest BCUT2D eigenvalue weighted by Crippen LogP contribution is 2.13. The Morgan fingerprint density at radius 3 is 2.40 bits per heavy atom. The first-order valence-electron chi connectivity index (χ1n) is 5.21. The van der Waals surface area contributed by atoms with Crippen molar-refractivity contribution in [2.75, 3.05) is 13.1 Å². The molecule has 0 radical (unpaired) electrons. The van der Waals surface area contributed by atoms with Gasteiger partial charge in [-0.15, -0.1) is 0 Å². The molecule has 0 aromatic carbocycles. The number of rotatable bonds is 2. The summed E-state index contributed by atoms with van der Waals surface area (Å²) in [5.74, 6) is 0. The van der Waals surface area contributed by atoms with Crippen molar-refractivity contribution in [3.05, 3.63) is 0 Å². The van der Waals surface area contributed by atoms with Gasteiger partial charge in [-0.25, -0.2) is 9.00 Å². The average molecular weight is 233 g/mol. The Hall–Kier alpha value is -0.620. The van der Waals surface area contributed by atoms with Crippen LogP contribution >= 0.6 is 0 Å². The molecule has 0 aromatic rings. The first kappa shape index (κ1) is 12.4. The fourth-order valence-corrected chi connectivity index (χ4v) is 2.30. The van der Waals surface area contributed by atoms with Gasteiger partial charge < -0.3 is 10.2 Å². The molecule has 0 saturated carbocycles. The lowest BCUT2D eigenvalue weighted by molar-refractivity contribution is 0.185. The maximum atomic E-state index is 11.6. The summed E-state index contributed by atoms with van der Waals surface area (Å²) >= 11 is 0. The summed E-state index contributed by atoms with van der Waals surface area (Å²) in [6, 6.07) is 0.116. The first-order valence-corrected chi connectivity index (χ1v) is 6.48. The number of piperidine rings is 1. The first-order chi connectivity index (χ1) is 7.00. The van der Waals surface area contributed by atoms with Crippen LogP contribution in [0.15, 0.2) is 0 Å². The fourth-order valence-electron chi connectivity index (χ4n) is 1.63. The van der Waals surface area contributed by atoms with Crippen LogP contribution < -0.4 is 10.5 Å². The second kappa shape index (κ2) is 5.46. The Morgan fingerprint density at radius 2 is 2.00 bits per heavy atom. The quantitative estimate of drug-likeness (QED) is 0.714. The van der Waals surface area contributed by atoms with Crippen molar-refractivity contribution < 1.29 is 9.00 Å². The van der Waals surface area contributed by atoms with Crippen molar-refractivity contribution in [1.82, 2.24) is 10.2 Å². The molecule has 1 aliphatic heterocycles. The van der Waals surface area contributed by atoms with Crippen LogP contribution in [0.5, 0.6) is 0 Å². The molecule has 0 bridgehead atoms. The molecule has 2 amide bonds. The van der Waals surface area contributed by atoms with Crippen LogP contribution in [0, 0.1) is 0 Å². The van der Waals surface area contributed by atoms with Crippen LogP contribution in [0.25, 0.3) is 0 Å². The summed E-state index contributed by atoms with van der Waals surface area (Å²) in [6.07, 6.45) is 1.46. The molecule has 1 aliphatic rings. The van der Waals surface area contributed by atoms with Gasteiger partial charge >= 0.3 is 6.03 Å². The summed E-state index contributed by atoms with van der Waals surface area (Å²) in [7, 11) is -1.25. The van der Waals surface area contributed by atoms with E-state index < -0.39 is 11.0 Å². The number of amides is 2. The van der Waals surface area contributed by atoms with Crippen LogP contribution in [-0.2, 0) is 11.0 Å². The SMILES string of the molecule is CC(C)NC(=O)N1CCC(S(N)=O)CC1. The Bertz CT molecular complexity index is 250. The Labute approximate surface area is 93.0 Å². The molecule has 1 unspecified atom stereocenters. The maximum absolute atomic E-state index is 11.6. The second-order valence-electron chi connectivity index (χ2n) is 4.12. The normalized spacial score (nSPS) is 20.4. The van der Waals surface area contributed by atoms with E-state index in [1.54, 1.807) is 4.90 Å². The number of hydrogen-bond acceptors (Lipinski definition) is 2. The third-order valence-electron chi connectivity index (χ3n) is 2.47. The van der Waals surface area contributed by atoms with Gasteiger partial charge in [0.2, 0.25) is 0 Å². The van der Waals surface area contributed by atoms with E-state index in [0.717, 1.165) is 12.8 Å². The minimum atomic E-state index is -1.25. The van der Waals surface area contributed by atoms with Gasteiger partial charge in [-0.2, -0.15) is 0 Å². The molecule has 88 valence electrons. The Morgan fingerprint density at radius 1 is 1.47 bits per heavy atom. The summed E-state index contributed by atoms with van der Waals surface area (Å²) in [4.78, 5) is 13.3. The minimum Gasteiger partial charge on any atom is -0.336 e. The highest BCUT2D eigenvalue weighted by Gasteiger charge is 2.25. The molecule has 5 nitrogen and oxygen atoms in total. The van der Waals surface area contributed by atoms with E-state index in [0.29, 0.717) is 13.1 Å². The third-order valence-corrected chi connectivity index (χ3v) is 3.60. The number of carbonyl (C=O) groups excluding carboxylic acids is 1. The zero-order valence-electron chi connectivity index (χ0n) is 9.23. The molecule has 15 heavy (non-hydrogen) atoms. The average Bonchev–Trinajstić information content (AvgIpc) is 2.17. The molecule has 1 fully saturated rings. The van der Waals surface area contributed by atoms with Gasteiger partial charge in [-0.05, 0) is 26.7 Å². The number of urea groups is 1. The summed E-state index contributed by atoms with van der Waals surface area (Å²) in [5.41, 5.74) is 0. The van der Waals surface area contributed by atoms with E-state index in [2.05, 4.69) is 5.32 Å². The van der Waals surface area contributed by atoms with Gasteiger partial charge in [0, 0.05) is 19.1 Å². The van der Waals surface area contributed by atoms with E-state index in [9.17, 15) is 9.00 Å². The lowest BCUT2D eigenvalue weighted by Crippen LogP contribution is -2.48. The van der Waals surface area contributed by atoms with Gasteiger partial charge in [-0.3, -0.25) is 5.14 Å². The Kier molecular flexibility index (Phi) is 4.53. The molecule has 6 heteroatoms. The molecule has 1 atom stereocenters. The summed E-state index contributed by atoms with van der Waals surface area (Å²) in [5, 5.41) is 8.21. The third kappa shape index (κ3) is 3.79. The van der Waals surface area contributed by atoms with Crippen molar-refractivity contribution in [2.45, 2.75) is 38.0 Å². The van der Waals surface area contributed by atoms with E-state index in [-0.39, 0.29) is 17.3 Å². The van der Waals surface area contributed by atoms with Crippen LogP contribution in [0.2, 0.25) is 0 Å². The molecule has 1 rings (SSSR count). The molecule has 3 N–H and O–H groups in total. The predicted molar refractivity (Wildman–Crippen MR) is 60.6 cm³/mol. The monoisotopic (exact) mass is 233 g/mol. The minimum absolute atomic E-state index is 0.0359. The molecule has 1 saturated heterocycles. The lowest BCUT2D eigenvalue weighted by atomic mass is 10.1. The smallest absolute Gasteiger partial charge is 0.317 e. The van der Waals surface area contributed by atoms with Crippen molar-refractivity contribution in [2.24, 2.45) is 5.14 Å². The standard InChI is InChI=1S/C9H19N3O2S/c1-7(2)11-9(13)12-5-3-8(4-6-12)15(10)14/h7-8H,3-6,10H2,1-2H3,(H,11,13). The molecular formula is C9H19N3O2S. The molecule has 1 heterocycles. The van der Waals surface area contributed by atoms with Gasteiger partial charge in [-0.1, -0.05) is 0 Å². The molecular weight excluding hydrogens is 214 g/mol. The van der Waals surface area contributed by atoms with E-state index in [4.69, 9.17) is 5.14 Å². The summed E-state index contributed by atoms with van der Waals surface area (Å²) < 4.78 is 11.0. The maximum Gasteiger partial charge on any atom is 0.317 e. The van der Waals surface area contributed by atoms with E-state index in [1.807, 2.05) is 13.8 Å². The Balaban J connectivity index is 2.37. The number of nitrogens with two attached hydrogens (primary N) is 1. The largest absolute Gasteiger partial charge is 0.336 e. The molecule has 0 aromatic heterocycles. The highest BCUT2D eigenvalue weighted by atomic mass is 32.2. The number of likely N-dealkylation sites (tertiary alicyclic amines) is 1. The van der Waals surface area contributed by atoms with Crippen molar-refractivity contribution >= 4 is 17.0 Å². The second-order valence-corrected chi connectivity index (χ2v) is 5.44. The number of nitrogens with zero attached hydrogens (tertiary/aromatic N) is 1. The van der Waals surface area contributed by atoms with E-state index >= 15 is 0 Å².